The number of carbonyl (C=O) groups is 2. The van der Waals surface area contributed by atoms with Crippen molar-refractivity contribution < 1.29 is 9.59 Å². The molecule has 1 aliphatic rings. The van der Waals surface area contributed by atoms with Gasteiger partial charge in [0.05, 0.1) is 5.88 Å². The van der Waals surface area contributed by atoms with Crippen LogP contribution < -0.4 is 0 Å². The molecule has 1 heterocycles. The number of amides is 2. The maximum absolute atomic E-state index is 11.0. The van der Waals surface area contributed by atoms with E-state index < -0.39 is 0 Å². The van der Waals surface area contributed by atoms with Gasteiger partial charge >= 0.3 is 0 Å². The highest BCUT2D eigenvalue weighted by Crippen LogP contribution is 2.10. The van der Waals surface area contributed by atoms with Gasteiger partial charge in [-0.1, -0.05) is 6.92 Å². The maximum atomic E-state index is 11.0. The number of hydrogen-bond donors (Lipinski definition) is 0. The van der Waals surface area contributed by atoms with Gasteiger partial charge in [-0.15, -0.1) is 11.8 Å². The summed E-state index contributed by atoms with van der Waals surface area (Å²) in [5.41, 5.74) is 0. The molecule has 0 spiro atoms. The van der Waals surface area contributed by atoms with Gasteiger partial charge in [-0.2, -0.15) is 0 Å². The van der Waals surface area contributed by atoms with Crippen LogP contribution in [0.3, 0.4) is 0 Å². The zero-order valence-electron chi connectivity index (χ0n) is 6.95. The molecule has 4 heteroatoms. The first-order chi connectivity index (χ1) is 5.75. The normalized spacial score (nSPS) is 16.2. The minimum absolute atomic E-state index is 0.191. The molecule has 0 saturated carbocycles. The zero-order chi connectivity index (χ0) is 8.97. The van der Waals surface area contributed by atoms with Crippen molar-refractivity contribution in [1.29, 1.82) is 0 Å². The van der Waals surface area contributed by atoms with E-state index in [9.17, 15) is 9.59 Å². The summed E-state index contributed by atoms with van der Waals surface area (Å²) >= 11 is 1.60. The average molecular weight is 185 g/mol. The first-order valence-corrected chi connectivity index (χ1v) is 5.02. The third kappa shape index (κ3) is 2.11. The third-order valence-electron chi connectivity index (χ3n) is 1.47. The van der Waals surface area contributed by atoms with E-state index in [0.717, 1.165) is 12.2 Å². The van der Waals surface area contributed by atoms with E-state index in [2.05, 4.69) is 6.92 Å². The SMILES string of the molecule is CCCSCN1C(=O)C=CC1=O. The Morgan fingerprint density at radius 2 is 1.92 bits per heavy atom. The highest BCUT2D eigenvalue weighted by molar-refractivity contribution is 7.99. The second-order valence-electron chi connectivity index (χ2n) is 2.48. The summed E-state index contributed by atoms with van der Waals surface area (Å²) in [6.45, 7) is 2.07. The molecule has 1 rings (SSSR count). The van der Waals surface area contributed by atoms with Crippen LogP contribution in [-0.4, -0.2) is 28.3 Å². The molecule has 0 unspecified atom stereocenters. The largest absolute Gasteiger partial charge is 0.269 e. The molecule has 0 aromatic carbocycles. The van der Waals surface area contributed by atoms with E-state index in [1.54, 1.807) is 11.8 Å². The van der Waals surface area contributed by atoms with Crippen molar-refractivity contribution in [1.82, 2.24) is 4.90 Å². The maximum Gasteiger partial charge on any atom is 0.254 e. The molecule has 0 atom stereocenters. The van der Waals surface area contributed by atoms with Gasteiger partial charge < -0.3 is 0 Å². The van der Waals surface area contributed by atoms with Crippen LogP contribution in [0, 0.1) is 0 Å². The summed E-state index contributed by atoms with van der Waals surface area (Å²) in [5.74, 6) is 1.09. The first-order valence-electron chi connectivity index (χ1n) is 3.87. The summed E-state index contributed by atoms with van der Waals surface area (Å²) in [4.78, 5) is 23.2. The van der Waals surface area contributed by atoms with Crippen molar-refractivity contribution in [3.8, 4) is 0 Å². The molecule has 0 fully saturated rings. The summed E-state index contributed by atoms with van der Waals surface area (Å²) in [6.07, 6.45) is 3.69. The summed E-state index contributed by atoms with van der Waals surface area (Å²) in [7, 11) is 0. The van der Waals surface area contributed by atoms with Crippen molar-refractivity contribution in [3.63, 3.8) is 0 Å². The second-order valence-corrected chi connectivity index (χ2v) is 3.55. The van der Waals surface area contributed by atoms with Crippen molar-refractivity contribution in [2.75, 3.05) is 11.6 Å². The fourth-order valence-electron chi connectivity index (χ4n) is 0.859. The van der Waals surface area contributed by atoms with Crippen molar-refractivity contribution in [2.45, 2.75) is 13.3 Å². The molecule has 66 valence electrons. The molecule has 0 N–H and O–H groups in total. The van der Waals surface area contributed by atoms with Crippen molar-refractivity contribution in [3.05, 3.63) is 12.2 Å². The van der Waals surface area contributed by atoms with E-state index >= 15 is 0 Å². The summed E-state index contributed by atoms with van der Waals surface area (Å²) < 4.78 is 0. The third-order valence-corrected chi connectivity index (χ3v) is 2.61. The Hall–Kier alpha value is -0.770. The fourth-order valence-corrected chi connectivity index (χ4v) is 1.71. The Morgan fingerprint density at radius 1 is 1.33 bits per heavy atom. The van der Waals surface area contributed by atoms with Gasteiger partial charge in [-0.3, -0.25) is 14.5 Å². The highest BCUT2D eigenvalue weighted by atomic mass is 32.2. The van der Waals surface area contributed by atoms with Crippen LogP contribution in [0.15, 0.2) is 12.2 Å². The minimum atomic E-state index is -0.191. The average Bonchev–Trinajstić information content (AvgIpc) is 2.35. The van der Waals surface area contributed by atoms with Crippen LogP contribution in [0.5, 0.6) is 0 Å². The van der Waals surface area contributed by atoms with Gasteiger partial charge in [0.1, 0.15) is 0 Å². The van der Waals surface area contributed by atoms with Gasteiger partial charge in [0.25, 0.3) is 11.8 Å². The molecule has 0 bridgehead atoms. The van der Waals surface area contributed by atoms with Gasteiger partial charge in [0.2, 0.25) is 0 Å². The van der Waals surface area contributed by atoms with Gasteiger partial charge in [0.15, 0.2) is 0 Å². The molecule has 0 saturated heterocycles. The molecular formula is C8H11NO2S. The number of rotatable bonds is 4. The van der Waals surface area contributed by atoms with Gasteiger partial charge in [-0.25, -0.2) is 0 Å². The lowest BCUT2D eigenvalue weighted by Crippen LogP contribution is -2.29. The number of hydrogen-bond acceptors (Lipinski definition) is 3. The molecule has 12 heavy (non-hydrogen) atoms. The molecule has 2 amide bonds. The minimum Gasteiger partial charge on any atom is -0.269 e. The smallest absolute Gasteiger partial charge is 0.254 e. The van der Waals surface area contributed by atoms with E-state index in [1.807, 2.05) is 0 Å². The van der Waals surface area contributed by atoms with E-state index in [1.165, 1.54) is 17.1 Å². The number of thioether (sulfide) groups is 1. The van der Waals surface area contributed by atoms with Crippen LogP contribution in [-0.2, 0) is 9.59 Å². The van der Waals surface area contributed by atoms with E-state index in [0.29, 0.717) is 5.88 Å². The van der Waals surface area contributed by atoms with Crippen molar-refractivity contribution >= 4 is 23.6 Å². The van der Waals surface area contributed by atoms with Crippen molar-refractivity contribution in [2.24, 2.45) is 0 Å². The summed E-state index contributed by atoms with van der Waals surface area (Å²) in [6, 6.07) is 0. The van der Waals surface area contributed by atoms with Gasteiger partial charge in [-0.05, 0) is 12.2 Å². The molecule has 3 nitrogen and oxygen atoms in total. The predicted molar refractivity (Wildman–Crippen MR) is 48.6 cm³/mol. The quantitative estimate of drug-likeness (QED) is 0.484. The number of imide groups is 1. The zero-order valence-corrected chi connectivity index (χ0v) is 7.76. The first kappa shape index (κ1) is 9.32. The Kier molecular flexibility index (Phi) is 3.34. The number of carbonyl (C=O) groups excluding carboxylic acids is 2. The van der Waals surface area contributed by atoms with E-state index in [-0.39, 0.29) is 11.8 Å². The predicted octanol–water partition coefficient (Wildman–Crippen LogP) is 1.01. The van der Waals surface area contributed by atoms with Crippen LogP contribution in [0.4, 0.5) is 0 Å². The van der Waals surface area contributed by atoms with Crippen LogP contribution >= 0.6 is 11.8 Å². The molecule has 0 aromatic rings. The van der Waals surface area contributed by atoms with Gasteiger partial charge in [0, 0.05) is 12.2 Å². The molecule has 0 radical (unpaired) electrons. The Morgan fingerprint density at radius 3 is 2.42 bits per heavy atom. The van der Waals surface area contributed by atoms with Crippen LogP contribution in [0.1, 0.15) is 13.3 Å². The van der Waals surface area contributed by atoms with Crippen LogP contribution in [0.25, 0.3) is 0 Å². The summed E-state index contributed by atoms with van der Waals surface area (Å²) in [5, 5.41) is 0. The second kappa shape index (κ2) is 4.30. The monoisotopic (exact) mass is 185 g/mol. The lowest BCUT2D eigenvalue weighted by atomic mass is 10.6. The lowest BCUT2D eigenvalue weighted by molar-refractivity contribution is -0.135. The Labute approximate surface area is 75.8 Å². The topological polar surface area (TPSA) is 37.4 Å². The molecular weight excluding hydrogens is 174 g/mol. The molecule has 0 aliphatic carbocycles. The standard InChI is InChI=1S/C8H11NO2S/c1-2-5-12-6-9-7(10)3-4-8(9)11/h3-4H,2,5-6H2,1H3. The van der Waals surface area contributed by atoms with E-state index in [4.69, 9.17) is 0 Å². The lowest BCUT2D eigenvalue weighted by Gasteiger charge is -2.11. The number of nitrogens with zero attached hydrogens (tertiary/aromatic N) is 1. The van der Waals surface area contributed by atoms with Crippen LogP contribution in [0.2, 0.25) is 0 Å². The Bertz CT molecular complexity index is 207. The molecule has 1 aliphatic heterocycles. The fraction of sp³-hybridized carbons (Fsp3) is 0.500. The Balaban J connectivity index is 2.33. The molecule has 0 aromatic heterocycles. The highest BCUT2D eigenvalue weighted by Gasteiger charge is 2.22.